The average molecular weight is 476 g/mol. The Bertz CT molecular complexity index is 957. The molecule has 1 aliphatic carbocycles. The Morgan fingerprint density at radius 3 is 2.42 bits per heavy atom. The molecule has 2 aromatic carbocycles. The fraction of sp³-hybridized carbons (Fsp3) is 0.462. The van der Waals surface area contributed by atoms with Gasteiger partial charge in [-0.15, -0.1) is 0 Å². The number of carbonyl (C=O) groups excluding carboxylic acids is 1. The predicted octanol–water partition coefficient (Wildman–Crippen LogP) is 6.65. The first-order valence-electron chi connectivity index (χ1n) is 11.4. The molecule has 2 aromatic rings. The molecule has 2 atom stereocenters. The van der Waals surface area contributed by atoms with Crippen molar-refractivity contribution in [3.8, 4) is 0 Å². The van der Waals surface area contributed by atoms with Crippen molar-refractivity contribution in [1.82, 2.24) is 5.32 Å². The number of amides is 1. The number of carboxylic acids is 1. The summed E-state index contributed by atoms with van der Waals surface area (Å²) in [6.07, 6.45) is 4.04. The molecule has 33 heavy (non-hydrogen) atoms. The third-order valence-corrected chi connectivity index (χ3v) is 6.74. The van der Waals surface area contributed by atoms with E-state index in [9.17, 15) is 19.1 Å². The van der Waals surface area contributed by atoms with E-state index in [-0.39, 0.29) is 5.92 Å². The van der Waals surface area contributed by atoms with E-state index in [1.54, 1.807) is 24.3 Å². The van der Waals surface area contributed by atoms with Crippen LogP contribution in [-0.2, 0) is 14.9 Å². The van der Waals surface area contributed by atoms with Crippen molar-refractivity contribution in [3.63, 3.8) is 0 Å². The van der Waals surface area contributed by atoms with E-state index in [4.69, 9.17) is 16.3 Å². The Labute approximate surface area is 199 Å². The van der Waals surface area contributed by atoms with Gasteiger partial charge in [-0.1, -0.05) is 81.8 Å². The molecule has 7 heteroatoms. The number of carboxylic acid groups (broad SMARTS) is 1. The highest BCUT2D eigenvalue weighted by atomic mass is 35.5. The lowest BCUT2D eigenvalue weighted by Gasteiger charge is -2.35. The third-order valence-electron chi connectivity index (χ3n) is 6.51. The van der Waals surface area contributed by atoms with Crippen molar-refractivity contribution in [2.75, 3.05) is 0 Å². The van der Waals surface area contributed by atoms with E-state index in [0.717, 1.165) is 31.2 Å². The van der Waals surface area contributed by atoms with Crippen LogP contribution in [0.5, 0.6) is 0 Å². The monoisotopic (exact) mass is 475 g/mol. The Hall–Kier alpha value is -2.60. The number of alkyl carbamates (subject to hydrolysis) is 1. The highest BCUT2D eigenvalue weighted by molar-refractivity contribution is 6.30. The third kappa shape index (κ3) is 6.70. The smallest absolute Gasteiger partial charge is 0.408 e. The van der Waals surface area contributed by atoms with Crippen LogP contribution in [0.4, 0.5) is 9.18 Å². The number of carbonyl (C=O) groups is 2. The van der Waals surface area contributed by atoms with Gasteiger partial charge in [0.15, 0.2) is 0 Å². The maximum Gasteiger partial charge on any atom is 0.408 e. The normalized spacial score (nSPS) is 16.6. The summed E-state index contributed by atoms with van der Waals surface area (Å²) in [6.45, 7) is 3.80. The van der Waals surface area contributed by atoms with E-state index in [0.29, 0.717) is 17.0 Å². The molecule has 1 saturated carbocycles. The molecular weight excluding hydrogens is 445 g/mol. The number of benzene rings is 2. The van der Waals surface area contributed by atoms with Crippen LogP contribution in [0.1, 0.15) is 69.6 Å². The van der Waals surface area contributed by atoms with E-state index in [1.165, 1.54) is 18.6 Å². The van der Waals surface area contributed by atoms with Crippen molar-refractivity contribution in [3.05, 3.63) is 70.5 Å². The molecule has 0 aromatic heterocycles. The maximum absolute atomic E-state index is 13.6. The average Bonchev–Trinajstić information content (AvgIpc) is 2.78. The first-order chi connectivity index (χ1) is 15.7. The van der Waals surface area contributed by atoms with Gasteiger partial charge in [0.05, 0.1) is 0 Å². The summed E-state index contributed by atoms with van der Waals surface area (Å²) in [6, 6.07) is 12.0. The van der Waals surface area contributed by atoms with Crippen LogP contribution in [0.25, 0.3) is 0 Å². The molecule has 5 nitrogen and oxygen atoms in total. The summed E-state index contributed by atoms with van der Waals surface area (Å²) >= 11 is 6.19. The van der Waals surface area contributed by atoms with Gasteiger partial charge in [0.25, 0.3) is 0 Å². The largest absolute Gasteiger partial charge is 0.480 e. The van der Waals surface area contributed by atoms with Crippen LogP contribution in [-0.4, -0.2) is 23.2 Å². The maximum atomic E-state index is 13.6. The standard InChI is InChI=1S/C26H31ClFNO4/c1-26(2,19-9-6-10-20(27)16-19)23(18-11-13-21(28)14-12-18)33-25(32)29-22(24(30)31)15-17-7-4-3-5-8-17/h6,9-14,16-17,22-23H,3-5,7-8,15H2,1-2H3,(H,29,32)(H,30,31)/t22-,23?/m0/s1. The molecular formula is C26H31ClFNO4. The second kappa shape index (κ2) is 11.0. The Balaban J connectivity index is 1.82. The van der Waals surface area contributed by atoms with Crippen LogP contribution < -0.4 is 5.32 Å². The zero-order chi connectivity index (χ0) is 24.0. The molecule has 0 spiro atoms. The number of halogens is 2. The second-order valence-corrected chi connectivity index (χ2v) is 9.78. The highest BCUT2D eigenvalue weighted by Crippen LogP contribution is 2.40. The van der Waals surface area contributed by atoms with Crippen LogP contribution in [0, 0.1) is 11.7 Å². The molecule has 0 heterocycles. The lowest BCUT2D eigenvalue weighted by Crippen LogP contribution is -2.44. The summed E-state index contributed by atoms with van der Waals surface area (Å²) in [7, 11) is 0. The summed E-state index contributed by atoms with van der Waals surface area (Å²) in [4.78, 5) is 24.7. The molecule has 0 aliphatic heterocycles. The van der Waals surface area contributed by atoms with Crippen molar-refractivity contribution in [2.45, 2.75) is 69.9 Å². The van der Waals surface area contributed by atoms with Gasteiger partial charge >= 0.3 is 12.1 Å². The molecule has 178 valence electrons. The van der Waals surface area contributed by atoms with Crippen LogP contribution >= 0.6 is 11.6 Å². The molecule has 3 rings (SSSR count). The van der Waals surface area contributed by atoms with Gasteiger partial charge in [0.2, 0.25) is 0 Å². The first-order valence-corrected chi connectivity index (χ1v) is 11.8. The fourth-order valence-electron chi connectivity index (χ4n) is 4.57. The lowest BCUT2D eigenvalue weighted by molar-refractivity contribution is -0.140. The number of ether oxygens (including phenoxy) is 1. The van der Waals surface area contributed by atoms with E-state index < -0.39 is 35.4 Å². The van der Waals surface area contributed by atoms with Crippen LogP contribution in [0.2, 0.25) is 5.02 Å². The van der Waals surface area contributed by atoms with Crippen molar-refractivity contribution in [1.29, 1.82) is 0 Å². The van der Waals surface area contributed by atoms with Gasteiger partial charge in [-0.05, 0) is 47.7 Å². The predicted molar refractivity (Wildman–Crippen MR) is 126 cm³/mol. The summed E-state index contributed by atoms with van der Waals surface area (Å²) < 4.78 is 19.4. The van der Waals surface area contributed by atoms with Gasteiger partial charge in [-0.25, -0.2) is 14.0 Å². The fourth-order valence-corrected chi connectivity index (χ4v) is 4.76. The Kier molecular flexibility index (Phi) is 8.35. The van der Waals surface area contributed by atoms with Crippen LogP contribution in [0.15, 0.2) is 48.5 Å². The zero-order valence-electron chi connectivity index (χ0n) is 19.0. The number of hydrogen-bond donors (Lipinski definition) is 2. The quantitative estimate of drug-likeness (QED) is 0.448. The number of rotatable bonds is 8. The molecule has 0 saturated heterocycles. The van der Waals surface area contributed by atoms with Gasteiger partial charge in [0.1, 0.15) is 18.0 Å². The highest BCUT2D eigenvalue weighted by Gasteiger charge is 2.37. The van der Waals surface area contributed by atoms with Gasteiger partial charge in [0, 0.05) is 10.4 Å². The van der Waals surface area contributed by atoms with Crippen molar-refractivity contribution in [2.24, 2.45) is 5.92 Å². The van der Waals surface area contributed by atoms with Gasteiger partial charge < -0.3 is 15.2 Å². The zero-order valence-corrected chi connectivity index (χ0v) is 19.8. The summed E-state index contributed by atoms with van der Waals surface area (Å²) in [5.41, 5.74) is 0.687. The molecule has 1 fully saturated rings. The SMILES string of the molecule is CC(C)(c1cccc(Cl)c1)C(OC(=O)N[C@@H](CC1CCCCC1)C(=O)O)c1ccc(F)cc1. The number of hydrogen-bond acceptors (Lipinski definition) is 3. The van der Waals surface area contributed by atoms with Crippen molar-refractivity contribution < 1.29 is 23.8 Å². The summed E-state index contributed by atoms with van der Waals surface area (Å²) in [5.74, 6) is -1.21. The summed E-state index contributed by atoms with van der Waals surface area (Å²) in [5, 5.41) is 12.8. The van der Waals surface area contributed by atoms with E-state index in [2.05, 4.69) is 5.32 Å². The Morgan fingerprint density at radius 1 is 1.15 bits per heavy atom. The minimum absolute atomic E-state index is 0.274. The molecule has 1 amide bonds. The van der Waals surface area contributed by atoms with E-state index >= 15 is 0 Å². The molecule has 2 N–H and O–H groups in total. The number of aliphatic carboxylic acids is 1. The second-order valence-electron chi connectivity index (χ2n) is 9.34. The van der Waals surface area contributed by atoms with Crippen LogP contribution in [0.3, 0.4) is 0 Å². The first kappa shape index (κ1) is 25.0. The topological polar surface area (TPSA) is 75.6 Å². The van der Waals surface area contributed by atoms with E-state index in [1.807, 2.05) is 26.0 Å². The van der Waals surface area contributed by atoms with Crippen molar-refractivity contribution >= 4 is 23.7 Å². The molecule has 1 aliphatic rings. The Morgan fingerprint density at radius 2 is 1.82 bits per heavy atom. The minimum Gasteiger partial charge on any atom is -0.480 e. The minimum atomic E-state index is -1.08. The number of nitrogens with one attached hydrogen (secondary N) is 1. The van der Waals surface area contributed by atoms with Gasteiger partial charge in [-0.2, -0.15) is 0 Å². The lowest BCUT2D eigenvalue weighted by atomic mass is 9.76. The van der Waals surface area contributed by atoms with Gasteiger partial charge in [-0.3, -0.25) is 0 Å². The molecule has 1 unspecified atom stereocenters. The molecule has 0 radical (unpaired) electrons. The molecule has 0 bridgehead atoms.